The summed E-state index contributed by atoms with van der Waals surface area (Å²) in [5, 5.41) is 17.9. The van der Waals surface area contributed by atoms with Crippen LogP contribution in [0.15, 0.2) is 18.2 Å². The molecule has 0 atom stereocenters. The van der Waals surface area contributed by atoms with Gasteiger partial charge in [-0.3, -0.25) is 0 Å². The number of hydrogen-bond donors (Lipinski definition) is 1. The van der Waals surface area contributed by atoms with Gasteiger partial charge in [-0.1, -0.05) is 0 Å². The number of nitrogens with zero attached hydrogens (tertiary/aromatic N) is 1. The van der Waals surface area contributed by atoms with Crippen LogP contribution in [0.4, 0.5) is 0 Å². The van der Waals surface area contributed by atoms with E-state index in [1.165, 1.54) is 12.1 Å². The van der Waals surface area contributed by atoms with Gasteiger partial charge in [-0.15, -0.1) is 0 Å². The highest BCUT2D eigenvalue weighted by molar-refractivity contribution is 5.88. The Balaban J connectivity index is 2.66. The smallest absolute Gasteiger partial charge is 0.335 e. The lowest BCUT2D eigenvalue weighted by molar-refractivity contribution is 0.0696. The Kier molecular flexibility index (Phi) is 6.04. The van der Waals surface area contributed by atoms with Crippen LogP contribution < -0.4 is 9.47 Å². The van der Waals surface area contributed by atoms with E-state index in [4.69, 9.17) is 19.8 Å². The van der Waals surface area contributed by atoms with Crippen molar-refractivity contribution in [2.45, 2.75) is 33.6 Å². The van der Waals surface area contributed by atoms with Crippen molar-refractivity contribution in [1.29, 1.82) is 5.26 Å². The Labute approximate surface area is 125 Å². The van der Waals surface area contributed by atoms with Crippen LogP contribution in [0.5, 0.6) is 11.5 Å². The molecule has 5 heteroatoms. The molecule has 0 bridgehead atoms. The molecule has 0 saturated heterocycles. The van der Waals surface area contributed by atoms with Crippen LogP contribution in [0.3, 0.4) is 0 Å². The molecule has 0 aromatic heterocycles. The maximum absolute atomic E-state index is 10.9. The molecule has 5 nitrogen and oxygen atoms in total. The van der Waals surface area contributed by atoms with E-state index < -0.39 is 5.97 Å². The SMILES string of the molecule is CCOc1cc(C(=O)O)ccc1OCCCC(C)(C)C#N. The summed E-state index contributed by atoms with van der Waals surface area (Å²) < 4.78 is 11.0. The van der Waals surface area contributed by atoms with Gasteiger partial charge in [0, 0.05) is 0 Å². The zero-order chi connectivity index (χ0) is 15.9. The lowest BCUT2D eigenvalue weighted by Gasteiger charge is -2.16. The molecule has 1 aromatic carbocycles. The Hall–Kier alpha value is -2.22. The number of carbonyl (C=O) groups is 1. The van der Waals surface area contributed by atoms with E-state index in [1.807, 2.05) is 20.8 Å². The predicted octanol–water partition coefficient (Wildman–Crippen LogP) is 3.49. The van der Waals surface area contributed by atoms with Crippen molar-refractivity contribution in [3.05, 3.63) is 23.8 Å². The Morgan fingerprint density at radius 1 is 1.33 bits per heavy atom. The lowest BCUT2D eigenvalue weighted by atomic mass is 9.90. The van der Waals surface area contributed by atoms with Crippen molar-refractivity contribution in [2.24, 2.45) is 5.41 Å². The molecule has 1 N–H and O–H groups in total. The average Bonchev–Trinajstić information content (AvgIpc) is 2.45. The van der Waals surface area contributed by atoms with Gasteiger partial charge in [0.15, 0.2) is 11.5 Å². The highest BCUT2D eigenvalue weighted by Crippen LogP contribution is 2.29. The quantitative estimate of drug-likeness (QED) is 0.741. The summed E-state index contributed by atoms with van der Waals surface area (Å²) in [7, 11) is 0. The minimum atomic E-state index is -1.00. The second-order valence-electron chi connectivity index (χ2n) is 5.35. The third-order valence-corrected chi connectivity index (χ3v) is 3.00. The maximum atomic E-state index is 10.9. The van der Waals surface area contributed by atoms with E-state index in [2.05, 4.69) is 6.07 Å². The molecule has 0 aliphatic carbocycles. The van der Waals surface area contributed by atoms with E-state index in [9.17, 15) is 4.79 Å². The lowest BCUT2D eigenvalue weighted by Crippen LogP contribution is -2.10. The largest absolute Gasteiger partial charge is 0.490 e. The molecule has 1 aromatic rings. The van der Waals surface area contributed by atoms with E-state index in [1.54, 1.807) is 6.07 Å². The molecule has 0 spiro atoms. The second-order valence-corrected chi connectivity index (χ2v) is 5.35. The van der Waals surface area contributed by atoms with Gasteiger partial charge in [-0.05, 0) is 51.8 Å². The molecule has 0 unspecified atom stereocenters. The van der Waals surface area contributed by atoms with E-state index >= 15 is 0 Å². The van der Waals surface area contributed by atoms with Crippen molar-refractivity contribution in [1.82, 2.24) is 0 Å². The van der Waals surface area contributed by atoms with Crippen LogP contribution in [-0.2, 0) is 0 Å². The van der Waals surface area contributed by atoms with Crippen LogP contribution in [0.2, 0.25) is 0 Å². The number of carboxylic acid groups (broad SMARTS) is 1. The van der Waals surface area contributed by atoms with Gasteiger partial charge in [-0.25, -0.2) is 4.79 Å². The average molecular weight is 291 g/mol. The Bertz CT molecular complexity index is 532. The first-order valence-electron chi connectivity index (χ1n) is 6.94. The Morgan fingerprint density at radius 3 is 2.62 bits per heavy atom. The number of nitriles is 1. The van der Waals surface area contributed by atoms with E-state index in [-0.39, 0.29) is 11.0 Å². The third-order valence-electron chi connectivity index (χ3n) is 3.00. The molecule has 0 aliphatic rings. The first-order chi connectivity index (χ1) is 9.89. The highest BCUT2D eigenvalue weighted by atomic mass is 16.5. The summed E-state index contributed by atoms with van der Waals surface area (Å²) >= 11 is 0. The predicted molar refractivity (Wildman–Crippen MR) is 78.7 cm³/mol. The normalized spacial score (nSPS) is 10.8. The number of carboxylic acids is 1. The molecule has 0 heterocycles. The zero-order valence-electron chi connectivity index (χ0n) is 12.7. The molecule has 0 saturated carbocycles. The number of rotatable bonds is 8. The minimum absolute atomic E-state index is 0.163. The summed E-state index contributed by atoms with van der Waals surface area (Å²) in [5.74, 6) is -0.0492. The van der Waals surface area contributed by atoms with Crippen molar-refractivity contribution in [2.75, 3.05) is 13.2 Å². The van der Waals surface area contributed by atoms with E-state index in [0.717, 1.165) is 12.8 Å². The van der Waals surface area contributed by atoms with Crippen molar-refractivity contribution in [3.8, 4) is 17.6 Å². The van der Waals surface area contributed by atoms with Crippen molar-refractivity contribution < 1.29 is 19.4 Å². The zero-order valence-corrected chi connectivity index (χ0v) is 12.7. The van der Waals surface area contributed by atoms with E-state index in [0.29, 0.717) is 24.7 Å². The van der Waals surface area contributed by atoms with Crippen LogP contribution >= 0.6 is 0 Å². The fraction of sp³-hybridized carbons (Fsp3) is 0.500. The van der Waals surface area contributed by atoms with Crippen molar-refractivity contribution in [3.63, 3.8) is 0 Å². The van der Waals surface area contributed by atoms with Crippen LogP contribution in [0, 0.1) is 16.7 Å². The summed E-state index contributed by atoms with van der Waals surface area (Å²) in [4.78, 5) is 10.9. The van der Waals surface area contributed by atoms with Gasteiger partial charge >= 0.3 is 5.97 Å². The van der Waals surface area contributed by atoms with Gasteiger partial charge in [0.2, 0.25) is 0 Å². The molecule has 114 valence electrons. The van der Waals surface area contributed by atoms with Gasteiger partial charge in [-0.2, -0.15) is 5.26 Å². The molecule has 0 aliphatic heterocycles. The van der Waals surface area contributed by atoms with Gasteiger partial charge < -0.3 is 14.6 Å². The summed E-state index contributed by atoms with van der Waals surface area (Å²) in [6.45, 7) is 6.49. The van der Waals surface area contributed by atoms with Gasteiger partial charge in [0.25, 0.3) is 0 Å². The number of hydrogen-bond acceptors (Lipinski definition) is 4. The molecule has 1 rings (SSSR count). The topological polar surface area (TPSA) is 79.6 Å². The van der Waals surface area contributed by atoms with Crippen LogP contribution in [-0.4, -0.2) is 24.3 Å². The molecule has 0 fully saturated rings. The fourth-order valence-electron chi connectivity index (χ4n) is 1.78. The van der Waals surface area contributed by atoms with Crippen LogP contribution in [0.25, 0.3) is 0 Å². The first-order valence-corrected chi connectivity index (χ1v) is 6.94. The monoisotopic (exact) mass is 291 g/mol. The first kappa shape index (κ1) is 16.8. The third kappa shape index (κ3) is 5.35. The number of aromatic carboxylic acids is 1. The molecular formula is C16H21NO4. The highest BCUT2D eigenvalue weighted by Gasteiger charge is 2.16. The standard InChI is InChI=1S/C16H21NO4/c1-4-20-14-10-12(15(18)19)6-7-13(14)21-9-5-8-16(2,3)11-17/h6-7,10H,4-5,8-9H2,1-3H3,(H,18,19). The second kappa shape index (κ2) is 7.53. The summed E-state index contributed by atoms with van der Waals surface area (Å²) in [5.41, 5.74) is -0.198. The maximum Gasteiger partial charge on any atom is 0.335 e. The van der Waals surface area contributed by atoms with Gasteiger partial charge in [0.1, 0.15) is 0 Å². The number of benzene rings is 1. The summed E-state index contributed by atoms with van der Waals surface area (Å²) in [6.07, 6.45) is 1.48. The van der Waals surface area contributed by atoms with Crippen LogP contribution in [0.1, 0.15) is 44.0 Å². The molecule has 21 heavy (non-hydrogen) atoms. The number of ether oxygens (including phenoxy) is 2. The van der Waals surface area contributed by atoms with Crippen molar-refractivity contribution >= 4 is 5.97 Å². The fourth-order valence-corrected chi connectivity index (χ4v) is 1.78. The minimum Gasteiger partial charge on any atom is -0.490 e. The molecule has 0 amide bonds. The molecule has 0 radical (unpaired) electrons. The van der Waals surface area contributed by atoms with Gasteiger partial charge in [0.05, 0.1) is 30.3 Å². The Morgan fingerprint density at radius 2 is 2.05 bits per heavy atom. The summed E-state index contributed by atoms with van der Waals surface area (Å²) in [6, 6.07) is 6.79. The molecular weight excluding hydrogens is 270 g/mol.